The molecule has 0 bridgehead atoms. The van der Waals surface area contributed by atoms with Crippen LogP contribution in [0.4, 0.5) is 8.78 Å². The summed E-state index contributed by atoms with van der Waals surface area (Å²) in [5.74, 6) is -4.55. The SMILES string of the molecule is CN(Cc1ccc(C(=O)O)cc1)C(=O)C1(C)CC1(F)F. The Kier molecular flexibility index (Phi) is 3.28. The van der Waals surface area contributed by atoms with Crippen molar-refractivity contribution in [3.8, 4) is 0 Å². The number of rotatable bonds is 4. The van der Waals surface area contributed by atoms with E-state index in [0.29, 0.717) is 5.56 Å². The van der Waals surface area contributed by atoms with Crippen molar-refractivity contribution >= 4 is 11.9 Å². The van der Waals surface area contributed by atoms with Crippen LogP contribution in [0.5, 0.6) is 0 Å². The molecular weight excluding hydrogens is 268 g/mol. The van der Waals surface area contributed by atoms with Crippen LogP contribution in [-0.4, -0.2) is 34.9 Å². The number of carbonyl (C=O) groups is 2. The Morgan fingerprint density at radius 1 is 1.30 bits per heavy atom. The maximum Gasteiger partial charge on any atom is 0.335 e. The zero-order chi connectivity index (χ0) is 15.1. The van der Waals surface area contributed by atoms with E-state index < -0.39 is 29.6 Å². The van der Waals surface area contributed by atoms with Gasteiger partial charge in [-0.3, -0.25) is 4.79 Å². The lowest BCUT2D eigenvalue weighted by molar-refractivity contribution is -0.139. The fraction of sp³-hybridized carbons (Fsp3) is 0.429. The van der Waals surface area contributed by atoms with E-state index in [9.17, 15) is 18.4 Å². The van der Waals surface area contributed by atoms with Crippen molar-refractivity contribution in [2.75, 3.05) is 7.05 Å². The smallest absolute Gasteiger partial charge is 0.335 e. The van der Waals surface area contributed by atoms with Gasteiger partial charge in [-0.1, -0.05) is 12.1 Å². The van der Waals surface area contributed by atoms with E-state index in [0.717, 1.165) is 0 Å². The van der Waals surface area contributed by atoms with E-state index in [-0.39, 0.29) is 12.1 Å². The molecule has 1 N–H and O–H groups in total. The molecule has 108 valence electrons. The topological polar surface area (TPSA) is 57.6 Å². The second-order valence-corrected chi connectivity index (χ2v) is 5.38. The molecule has 1 aromatic carbocycles. The molecule has 1 aromatic rings. The quantitative estimate of drug-likeness (QED) is 0.923. The molecule has 1 aliphatic carbocycles. The van der Waals surface area contributed by atoms with Crippen LogP contribution >= 0.6 is 0 Å². The number of alkyl halides is 2. The molecule has 0 aliphatic heterocycles. The molecule has 1 fully saturated rings. The fourth-order valence-corrected chi connectivity index (χ4v) is 2.15. The first kappa shape index (κ1) is 14.4. The van der Waals surface area contributed by atoms with Crippen molar-refractivity contribution < 1.29 is 23.5 Å². The molecule has 1 unspecified atom stereocenters. The van der Waals surface area contributed by atoms with Crippen molar-refractivity contribution in [3.63, 3.8) is 0 Å². The lowest BCUT2D eigenvalue weighted by Crippen LogP contribution is -2.35. The molecule has 6 heteroatoms. The van der Waals surface area contributed by atoms with Gasteiger partial charge < -0.3 is 10.0 Å². The van der Waals surface area contributed by atoms with Gasteiger partial charge in [0.1, 0.15) is 5.41 Å². The van der Waals surface area contributed by atoms with Crippen LogP contribution in [0.15, 0.2) is 24.3 Å². The van der Waals surface area contributed by atoms with Crippen molar-refractivity contribution in [2.45, 2.75) is 25.8 Å². The predicted molar refractivity (Wildman–Crippen MR) is 67.5 cm³/mol. The maximum absolute atomic E-state index is 13.2. The van der Waals surface area contributed by atoms with Crippen LogP contribution in [0, 0.1) is 5.41 Å². The van der Waals surface area contributed by atoms with Crippen molar-refractivity contribution in [3.05, 3.63) is 35.4 Å². The van der Waals surface area contributed by atoms with E-state index in [1.165, 1.54) is 31.0 Å². The first-order valence-corrected chi connectivity index (χ1v) is 6.13. The third-order valence-electron chi connectivity index (χ3n) is 3.70. The molecule has 1 amide bonds. The highest BCUT2D eigenvalue weighted by Gasteiger charge is 2.73. The summed E-state index contributed by atoms with van der Waals surface area (Å²) in [6.45, 7) is 1.43. The predicted octanol–water partition coefficient (Wildman–Crippen LogP) is 2.39. The summed E-state index contributed by atoms with van der Waals surface area (Å²) < 4.78 is 26.3. The monoisotopic (exact) mass is 283 g/mol. The summed E-state index contributed by atoms with van der Waals surface area (Å²) in [6, 6.07) is 5.98. The fourth-order valence-electron chi connectivity index (χ4n) is 2.15. The second-order valence-electron chi connectivity index (χ2n) is 5.38. The van der Waals surface area contributed by atoms with Gasteiger partial charge in [-0.05, 0) is 24.6 Å². The maximum atomic E-state index is 13.2. The molecule has 0 heterocycles. The number of halogens is 2. The Hall–Kier alpha value is -1.98. The number of carboxylic acids is 1. The largest absolute Gasteiger partial charge is 0.478 e. The molecule has 2 rings (SSSR count). The van der Waals surface area contributed by atoms with Crippen LogP contribution in [-0.2, 0) is 11.3 Å². The molecule has 0 spiro atoms. The molecule has 1 atom stereocenters. The van der Waals surface area contributed by atoms with Crippen molar-refractivity contribution in [1.29, 1.82) is 0 Å². The third-order valence-corrected chi connectivity index (χ3v) is 3.70. The van der Waals surface area contributed by atoms with Crippen LogP contribution < -0.4 is 0 Å². The van der Waals surface area contributed by atoms with Crippen molar-refractivity contribution in [1.82, 2.24) is 4.90 Å². The Bertz CT molecular complexity index is 556. The molecule has 0 aromatic heterocycles. The average molecular weight is 283 g/mol. The lowest BCUT2D eigenvalue weighted by Gasteiger charge is -2.21. The molecule has 0 radical (unpaired) electrons. The number of carbonyl (C=O) groups excluding carboxylic acids is 1. The minimum absolute atomic E-state index is 0.142. The highest BCUT2D eigenvalue weighted by molar-refractivity contribution is 5.88. The normalized spacial score (nSPS) is 23.2. The highest BCUT2D eigenvalue weighted by atomic mass is 19.3. The van der Waals surface area contributed by atoms with Gasteiger partial charge in [0, 0.05) is 20.0 Å². The van der Waals surface area contributed by atoms with E-state index in [1.54, 1.807) is 12.1 Å². The summed E-state index contributed by atoms with van der Waals surface area (Å²) in [6.07, 6.45) is -0.416. The molecule has 1 aliphatic rings. The minimum Gasteiger partial charge on any atom is -0.478 e. The number of aromatic carboxylic acids is 1. The van der Waals surface area contributed by atoms with Crippen LogP contribution in [0.25, 0.3) is 0 Å². The number of benzene rings is 1. The Labute approximate surface area is 115 Å². The zero-order valence-corrected chi connectivity index (χ0v) is 11.2. The van der Waals surface area contributed by atoms with E-state index in [1.807, 2.05) is 0 Å². The van der Waals surface area contributed by atoms with Gasteiger partial charge in [0.25, 0.3) is 5.92 Å². The first-order valence-electron chi connectivity index (χ1n) is 6.13. The second kappa shape index (κ2) is 4.54. The van der Waals surface area contributed by atoms with Gasteiger partial charge in [0.2, 0.25) is 5.91 Å². The molecule has 0 saturated heterocycles. The Balaban J connectivity index is 2.03. The standard InChI is InChI=1S/C14H15F2NO3/c1-13(8-14(13,15)16)12(20)17(2)7-9-3-5-10(6-4-9)11(18)19/h3-6H,7-8H2,1-2H3,(H,18,19). The van der Waals surface area contributed by atoms with Crippen LogP contribution in [0.3, 0.4) is 0 Å². The molecule has 4 nitrogen and oxygen atoms in total. The number of hydrogen-bond donors (Lipinski definition) is 1. The van der Waals surface area contributed by atoms with Gasteiger partial charge in [0.05, 0.1) is 5.56 Å². The Morgan fingerprint density at radius 3 is 2.20 bits per heavy atom. The van der Waals surface area contributed by atoms with Gasteiger partial charge >= 0.3 is 5.97 Å². The number of amides is 1. The van der Waals surface area contributed by atoms with Gasteiger partial charge in [-0.2, -0.15) is 0 Å². The molecule has 1 saturated carbocycles. The number of hydrogen-bond acceptors (Lipinski definition) is 2. The summed E-state index contributed by atoms with van der Waals surface area (Å²) in [4.78, 5) is 23.9. The summed E-state index contributed by atoms with van der Waals surface area (Å²) in [7, 11) is 1.47. The molecule has 20 heavy (non-hydrogen) atoms. The minimum atomic E-state index is -2.93. The zero-order valence-electron chi connectivity index (χ0n) is 11.2. The van der Waals surface area contributed by atoms with E-state index in [2.05, 4.69) is 0 Å². The first-order chi connectivity index (χ1) is 9.17. The summed E-state index contributed by atoms with van der Waals surface area (Å²) in [5, 5.41) is 8.77. The lowest BCUT2D eigenvalue weighted by atomic mass is 10.1. The third kappa shape index (κ3) is 2.37. The number of nitrogens with zero attached hydrogens (tertiary/aromatic N) is 1. The van der Waals surface area contributed by atoms with Crippen molar-refractivity contribution in [2.24, 2.45) is 5.41 Å². The molecular formula is C14H15F2NO3. The van der Waals surface area contributed by atoms with E-state index in [4.69, 9.17) is 5.11 Å². The van der Waals surface area contributed by atoms with Gasteiger partial charge in [-0.25, -0.2) is 13.6 Å². The summed E-state index contributed by atoms with van der Waals surface area (Å²) in [5.41, 5.74) is -0.759. The average Bonchev–Trinajstić information content (AvgIpc) is 2.89. The van der Waals surface area contributed by atoms with Crippen LogP contribution in [0.1, 0.15) is 29.3 Å². The highest BCUT2D eigenvalue weighted by Crippen LogP contribution is 2.61. The van der Waals surface area contributed by atoms with Gasteiger partial charge in [0.15, 0.2) is 0 Å². The van der Waals surface area contributed by atoms with Crippen LogP contribution in [0.2, 0.25) is 0 Å². The summed E-state index contributed by atoms with van der Waals surface area (Å²) >= 11 is 0. The van der Waals surface area contributed by atoms with Gasteiger partial charge in [-0.15, -0.1) is 0 Å². The number of carboxylic acid groups (broad SMARTS) is 1. The van der Waals surface area contributed by atoms with E-state index >= 15 is 0 Å². The Morgan fingerprint density at radius 2 is 1.80 bits per heavy atom.